The molecule has 112 valence electrons. The summed E-state index contributed by atoms with van der Waals surface area (Å²) >= 11 is 0. The van der Waals surface area contributed by atoms with Crippen molar-refractivity contribution < 1.29 is 13.2 Å². The molecule has 1 saturated heterocycles. The second-order valence-corrected chi connectivity index (χ2v) is 5.42. The molecule has 1 atom stereocenters. The Labute approximate surface area is 120 Å². The maximum absolute atomic E-state index is 12.9. The second kappa shape index (κ2) is 5.09. The summed E-state index contributed by atoms with van der Waals surface area (Å²) in [6.07, 6.45) is -0.0998. The molecule has 1 aromatic carbocycles. The Morgan fingerprint density at radius 1 is 1.19 bits per heavy atom. The summed E-state index contributed by atoms with van der Waals surface area (Å²) in [5.74, 6) is -1.27. The van der Waals surface area contributed by atoms with Gasteiger partial charge in [-0.1, -0.05) is 0 Å². The topological polar surface area (TPSA) is 42.1 Å². The Balaban J connectivity index is 1.99. The number of hydrogen-bond acceptors (Lipinski definition) is 3. The van der Waals surface area contributed by atoms with Crippen molar-refractivity contribution in [3.05, 3.63) is 30.6 Å². The van der Waals surface area contributed by atoms with Crippen molar-refractivity contribution in [2.45, 2.75) is 19.0 Å². The SMILES string of the molecule is Nc1ccc(N2CCCC(C(F)(F)F)C2)c2cnccc12. The highest BCUT2D eigenvalue weighted by molar-refractivity contribution is 6.00. The number of pyridine rings is 1. The molecule has 2 heterocycles. The van der Waals surface area contributed by atoms with Crippen LogP contribution >= 0.6 is 0 Å². The largest absolute Gasteiger partial charge is 0.398 e. The number of nitrogen functional groups attached to an aromatic ring is 1. The van der Waals surface area contributed by atoms with Crippen molar-refractivity contribution in [2.24, 2.45) is 5.92 Å². The zero-order valence-electron chi connectivity index (χ0n) is 11.4. The highest BCUT2D eigenvalue weighted by atomic mass is 19.4. The van der Waals surface area contributed by atoms with Crippen LogP contribution in [-0.2, 0) is 0 Å². The van der Waals surface area contributed by atoms with Gasteiger partial charge in [0.1, 0.15) is 0 Å². The predicted octanol–water partition coefficient (Wildman–Crippen LogP) is 3.60. The van der Waals surface area contributed by atoms with E-state index in [4.69, 9.17) is 5.73 Å². The summed E-state index contributed by atoms with van der Waals surface area (Å²) in [5, 5.41) is 1.64. The quantitative estimate of drug-likeness (QED) is 0.817. The molecule has 1 aliphatic rings. The van der Waals surface area contributed by atoms with Gasteiger partial charge >= 0.3 is 6.18 Å². The van der Waals surface area contributed by atoms with E-state index in [0.29, 0.717) is 18.7 Å². The first-order valence-electron chi connectivity index (χ1n) is 6.90. The zero-order valence-corrected chi connectivity index (χ0v) is 11.4. The van der Waals surface area contributed by atoms with Gasteiger partial charge in [-0.05, 0) is 31.0 Å². The van der Waals surface area contributed by atoms with Gasteiger partial charge in [-0.3, -0.25) is 4.98 Å². The van der Waals surface area contributed by atoms with Crippen LogP contribution in [0.25, 0.3) is 10.8 Å². The van der Waals surface area contributed by atoms with Crippen LogP contribution < -0.4 is 10.6 Å². The monoisotopic (exact) mass is 295 g/mol. The van der Waals surface area contributed by atoms with Crippen molar-refractivity contribution >= 4 is 22.1 Å². The van der Waals surface area contributed by atoms with Gasteiger partial charge in [0.05, 0.1) is 5.92 Å². The maximum atomic E-state index is 12.9. The van der Waals surface area contributed by atoms with Crippen LogP contribution in [0.1, 0.15) is 12.8 Å². The Hall–Kier alpha value is -1.98. The van der Waals surface area contributed by atoms with E-state index in [1.165, 1.54) is 0 Å². The first-order valence-corrected chi connectivity index (χ1v) is 6.90. The molecule has 2 N–H and O–H groups in total. The van der Waals surface area contributed by atoms with Gasteiger partial charge in [0, 0.05) is 47.6 Å². The van der Waals surface area contributed by atoms with Gasteiger partial charge in [-0.25, -0.2) is 0 Å². The number of aromatic nitrogens is 1. The number of benzene rings is 1. The molecular formula is C15H16F3N3. The molecule has 0 amide bonds. The number of alkyl halides is 3. The fraction of sp³-hybridized carbons (Fsp3) is 0.400. The first-order chi connectivity index (χ1) is 9.97. The number of rotatable bonds is 1. The molecule has 1 aromatic heterocycles. The van der Waals surface area contributed by atoms with Crippen molar-refractivity contribution in [3.63, 3.8) is 0 Å². The van der Waals surface area contributed by atoms with E-state index in [2.05, 4.69) is 4.98 Å². The van der Waals surface area contributed by atoms with Gasteiger partial charge in [-0.2, -0.15) is 13.2 Å². The van der Waals surface area contributed by atoms with Gasteiger partial charge in [0.25, 0.3) is 0 Å². The minimum Gasteiger partial charge on any atom is -0.398 e. The lowest BCUT2D eigenvalue weighted by Gasteiger charge is -2.35. The lowest BCUT2D eigenvalue weighted by molar-refractivity contribution is -0.175. The van der Waals surface area contributed by atoms with Crippen LogP contribution in [0.2, 0.25) is 0 Å². The van der Waals surface area contributed by atoms with Crippen molar-refractivity contribution in [1.82, 2.24) is 4.98 Å². The molecule has 3 rings (SSSR count). The highest BCUT2D eigenvalue weighted by Gasteiger charge is 2.42. The Morgan fingerprint density at radius 3 is 2.76 bits per heavy atom. The third kappa shape index (κ3) is 2.62. The van der Waals surface area contributed by atoms with Crippen LogP contribution in [0.5, 0.6) is 0 Å². The second-order valence-electron chi connectivity index (χ2n) is 5.42. The summed E-state index contributed by atoms with van der Waals surface area (Å²) in [4.78, 5) is 5.87. The molecule has 3 nitrogen and oxygen atoms in total. The predicted molar refractivity (Wildman–Crippen MR) is 77.1 cm³/mol. The lowest BCUT2D eigenvalue weighted by atomic mass is 9.96. The molecule has 0 spiro atoms. The van der Waals surface area contributed by atoms with E-state index in [1.54, 1.807) is 35.5 Å². The Kier molecular flexibility index (Phi) is 3.39. The lowest BCUT2D eigenvalue weighted by Crippen LogP contribution is -2.41. The zero-order chi connectivity index (χ0) is 15.0. The average Bonchev–Trinajstić information content (AvgIpc) is 2.47. The summed E-state index contributed by atoms with van der Waals surface area (Å²) in [6.45, 7) is 0.623. The molecule has 21 heavy (non-hydrogen) atoms. The van der Waals surface area contributed by atoms with Gasteiger partial charge in [-0.15, -0.1) is 0 Å². The van der Waals surface area contributed by atoms with Crippen LogP contribution in [0.15, 0.2) is 30.6 Å². The number of hydrogen-bond donors (Lipinski definition) is 1. The fourth-order valence-electron chi connectivity index (χ4n) is 2.94. The molecule has 6 heteroatoms. The van der Waals surface area contributed by atoms with Crippen LogP contribution in [-0.4, -0.2) is 24.2 Å². The molecule has 1 aliphatic heterocycles. The van der Waals surface area contributed by atoms with E-state index < -0.39 is 12.1 Å². The van der Waals surface area contributed by atoms with Gasteiger partial charge < -0.3 is 10.6 Å². The average molecular weight is 295 g/mol. The number of halogens is 3. The molecule has 0 radical (unpaired) electrons. The number of anilines is 2. The molecule has 0 saturated carbocycles. The summed E-state index contributed by atoms with van der Waals surface area (Å²) in [5.41, 5.74) is 7.32. The van der Waals surface area contributed by atoms with E-state index in [0.717, 1.165) is 16.5 Å². The molecule has 0 aliphatic carbocycles. The minimum absolute atomic E-state index is 0.00257. The normalized spacial score (nSPS) is 20.0. The number of fused-ring (bicyclic) bond motifs is 1. The molecule has 1 unspecified atom stereocenters. The van der Waals surface area contributed by atoms with Crippen LogP contribution in [0, 0.1) is 5.92 Å². The fourth-order valence-corrected chi connectivity index (χ4v) is 2.94. The summed E-state index contributed by atoms with van der Waals surface area (Å²) in [6, 6.07) is 5.33. The molecule has 0 bridgehead atoms. The van der Waals surface area contributed by atoms with Crippen LogP contribution in [0.4, 0.5) is 24.5 Å². The standard InChI is InChI=1S/C15H16F3N3/c16-15(17,18)10-2-1-7-21(9-10)14-4-3-13(19)11-5-6-20-8-12(11)14/h3-6,8,10H,1-2,7,9,19H2. The third-order valence-corrected chi connectivity index (χ3v) is 4.05. The highest BCUT2D eigenvalue weighted by Crippen LogP contribution is 2.37. The number of nitrogens with zero attached hydrogens (tertiary/aromatic N) is 2. The molecule has 2 aromatic rings. The van der Waals surface area contributed by atoms with Crippen LogP contribution in [0.3, 0.4) is 0 Å². The molecular weight excluding hydrogens is 279 g/mol. The minimum atomic E-state index is -4.14. The van der Waals surface area contributed by atoms with Gasteiger partial charge in [0.15, 0.2) is 0 Å². The Morgan fingerprint density at radius 2 is 2.00 bits per heavy atom. The van der Waals surface area contributed by atoms with E-state index >= 15 is 0 Å². The van der Waals surface area contributed by atoms with Gasteiger partial charge in [0.2, 0.25) is 0 Å². The number of piperidine rings is 1. The van der Waals surface area contributed by atoms with Crippen molar-refractivity contribution in [2.75, 3.05) is 23.7 Å². The first kappa shape index (κ1) is 14.0. The summed E-state index contributed by atoms with van der Waals surface area (Å²) < 4.78 is 38.8. The van der Waals surface area contributed by atoms with E-state index in [1.807, 2.05) is 0 Å². The number of nitrogens with two attached hydrogens (primary N) is 1. The van der Waals surface area contributed by atoms with E-state index in [-0.39, 0.29) is 13.0 Å². The van der Waals surface area contributed by atoms with Crippen molar-refractivity contribution in [1.29, 1.82) is 0 Å². The smallest absolute Gasteiger partial charge is 0.393 e. The third-order valence-electron chi connectivity index (χ3n) is 4.05. The van der Waals surface area contributed by atoms with Crippen molar-refractivity contribution in [3.8, 4) is 0 Å². The maximum Gasteiger partial charge on any atom is 0.393 e. The van der Waals surface area contributed by atoms with E-state index in [9.17, 15) is 13.2 Å². The summed E-state index contributed by atoms with van der Waals surface area (Å²) in [7, 11) is 0. The Bertz CT molecular complexity index is 654. The molecule has 1 fully saturated rings.